The molecule has 4 rings (SSSR count). The van der Waals surface area contributed by atoms with Crippen molar-refractivity contribution in [3.63, 3.8) is 0 Å². The third-order valence-corrected chi connectivity index (χ3v) is 5.08. The summed E-state index contributed by atoms with van der Waals surface area (Å²) in [6.45, 7) is 4.25. The number of ether oxygens (including phenoxy) is 1. The van der Waals surface area contributed by atoms with E-state index in [0.717, 1.165) is 0 Å². The second-order valence-corrected chi connectivity index (χ2v) is 7.76. The minimum atomic E-state index is -0.465. The third-order valence-electron chi connectivity index (χ3n) is 5.08. The fourth-order valence-electron chi connectivity index (χ4n) is 3.60. The van der Waals surface area contributed by atoms with Gasteiger partial charge in [0.05, 0.1) is 25.7 Å². The minimum Gasteiger partial charge on any atom is -0.497 e. The van der Waals surface area contributed by atoms with E-state index in [4.69, 9.17) is 4.74 Å². The van der Waals surface area contributed by atoms with Gasteiger partial charge in [-0.2, -0.15) is 0 Å². The molecule has 0 aliphatic heterocycles. The number of imidazole rings is 1. The lowest BCUT2D eigenvalue weighted by Crippen LogP contribution is -2.41. The van der Waals surface area contributed by atoms with Gasteiger partial charge in [-0.1, -0.05) is 32.0 Å². The fraction of sp³-hybridized carbons (Fsp3) is 0.261. The Kier molecular flexibility index (Phi) is 5.46. The zero-order chi connectivity index (χ0) is 22.1. The summed E-state index contributed by atoms with van der Waals surface area (Å²) in [4.78, 5) is 31.0. The van der Waals surface area contributed by atoms with Crippen molar-refractivity contribution in [1.82, 2.24) is 18.7 Å². The highest BCUT2D eigenvalue weighted by molar-refractivity contribution is 5.72. The molecule has 2 heterocycles. The first kappa shape index (κ1) is 20.6. The van der Waals surface area contributed by atoms with Gasteiger partial charge in [-0.05, 0) is 36.2 Å². The second kappa shape index (κ2) is 8.22. The molecule has 8 heteroatoms. The van der Waals surface area contributed by atoms with Crippen molar-refractivity contribution >= 4 is 11.2 Å². The Morgan fingerprint density at radius 1 is 1.06 bits per heavy atom. The molecule has 4 aromatic rings. The molecule has 0 N–H and O–H groups in total. The van der Waals surface area contributed by atoms with E-state index in [2.05, 4.69) is 4.98 Å². The molecule has 2 aromatic carbocycles. The van der Waals surface area contributed by atoms with Crippen LogP contribution in [0.25, 0.3) is 16.9 Å². The quantitative estimate of drug-likeness (QED) is 0.478. The standard InChI is InChI=1S/C23H23FN4O3/c1-15(2)12-27-22(29)20-21(25-14-26(20)13-16-6-4-5-7-19(16)24)28(23(27)30)17-8-10-18(31-3)11-9-17/h4-11,14-15H,12-13H2,1-3H3. The molecule has 0 amide bonds. The lowest BCUT2D eigenvalue weighted by Gasteiger charge is -2.14. The van der Waals surface area contributed by atoms with Crippen LogP contribution in [-0.4, -0.2) is 25.8 Å². The maximum Gasteiger partial charge on any atom is 0.337 e. The van der Waals surface area contributed by atoms with Crippen LogP contribution in [0, 0.1) is 11.7 Å². The zero-order valence-corrected chi connectivity index (χ0v) is 17.6. The first-order chi connectivity index (χ1) is 14.9. The molecule has 31 heavy (non-hydrogen) atoms. The van der Waals surface area contributed by atoms with Crippen molar-refractivity contribution in [2.75, 3.05) is 7.11 Å². The molecule has 0 aliphatic carbocycles. The molecule has 0 spiro atoms. The maximum absolute atomic E-state index is 14.2. The number of methoxy groups -OCH3 is 1. The SMILES string of the molecule is COc1ccc(-n2c(=O)n(CC(C)C)c(=O)c3c2ncn3Cc2ccccc2F)cc1. The largest absolute Gasteiger partial charge is 0.497 e. The van der Waals surface area contributed by atoms with Gasteiger partial charge < -0.3 is 9.30 Å². The summed E-state index contributed by atoms with van der Waals surface area (Å²) in [5.74, 6) is 0.360. The summed E-state index contributed by atoms with van der Waals surface area (Å²) in [5.41, 5.74) is 0.568. The lowest BCUT2D eigenvalue weighted by molar-refractivity contribution is 0.414. The minimum absolute atomic E-state index is 0.0788. The predicted molar refractivity (Wildman–Crippen MR) is 116 cm³/mol. The molecular formula is C23H23FN4O3. The summed E-state index contributed by atoms with van der Waals surface area (Å²) in [6.07, 6.45) is 1.47. The molecule has 0 fully saturated rings. The highest BCUT2D eigenvalue weighted by atomic mass is 19.1. The Bertz CT molecular complexity index is 1350. The van der Waals surface area contributed by atoms with E-state index in [1.807, 2.05) is 13.8 Å². The Labute approximate surface area is 178 Å². The number of rotatable bonds is 6. The molecule has 2 aromatic heterocycles. The molecule has 0 saturated carbocycles. The van der Waals surface area contributed by atoms with Crippen LogP contribution in [0.3, 0.4) is 0 Å². The first-order valence-electron chi connectivity index (χ1n) is 9.99. The van der Waals surface area contributed by atoms with Crippen molar-refractivity contribution < 1.29 is 9.13 Å². The number of nitrogens with zero attached hydrogens (tertiary/aromatic N) is 4. The molecule has 7 nitrogen and oxygen atoms in total. The molecule has 0 atom stereocenters. The highest BCUT2D eigenvalue weighted by Crippen LogP contribution is 2.18. The van der Waals surface area contributed by atoms with E-state index in [1.165, 1.54) is 21.5 Å². The smallest absolute Gasteiger partial charge is 0.337 e. The van der Waals surface area contributed by atoms with E-state index in [9.17, 15) is 14.0 Å². The van der Waals surface area contributed by atoms with Crippen LogP contribution in [0.2, 0.25) is 0 Å². The van der Waals surface area contributed by atoms with Gasteiger partial charge in [-0.3, -0.25) is 9.36 Å². The number of hydrogen-bond acceptors (Lipinski definition) is 4. The third kappa shape index (κ3) is 3.76. The topological polar surface area (TPSA) is 71.1 Å². The van der Waals surface area contributed by atoms with E-state index in [1.54, 1.807) is 54.1 Å². The van der Waals surface area contributed by atoms with Gasteiger partial charge in [0.15, 0.2) is 11.2 Å². The van der Waals surface area contributed by atoms with E-state index < -0.39 is 11.2 Å². The molecule has 0 bridgehead atoms. The van der Waals surface area contributed by atoms with Crippen LogP contribution >= 0.6 is 0 Å². The normalized spacial score (nSPS) is 11.4. The lowest BCUT2D eigenvalue weighted by atomic mass is 10.2. The number of hydrogen-bond donors (Lipinski definition) is 0. The second-order valence-electron chi connectivity index (χ2n) is 7.76. The van der Waals surface area contributed by atoms with E-state index >= 15 is 0 Å². The summed E-state index contributed by atoms with van der Waals surface area (Å²) >= 11 is 0. The van der Waals surface area contributed by atoms with Crippen LogP contribution in [-0.2, 0) is 13.1 Å². The summed E-state index contributed by atoms with van der Waals surface area (Å²) in [6, 6.07) is 13.3. The fourth-order valence-corrected chi connectivity index (χ4v) is 3.60. The number of fused-ring (bicyclic) bond motifs is 1. The summed E-state index contributed by atoms with van der Waals surface area (Å²) in [5, 5.41) is 0. The van der Waals surface area contributed by atoms with Gasteiger partial charge in [-0.25, -0.2) is 18.7 Å². The van der Waals surface area contributed by atoms with Gasteiger partial charge in [0.2, 0.25) is 0 Å². The molecule has 0 radical (unpaired) electrons. The van der Waals surface area contributed by atoms with Crippen molar-refractivity contribution in [2.45, 2.75) is 26.9 Å². The van der Waals surface area contributed by atoms with Crippen molar-refractivity contribution in [2.24, 2.45) is 5.92 Å². The number of aromatic nitrogens is 4. The van der Waals surface area contributed by atoms with Crippen molar-refractivity contribution in [3.8, 4) is 11.4 Å². The van der Waals surface area contributed by atoms with Crippen LogP contribution in [0.5, 0.6) is 5.75 Å². The molecule has 0 aliphatic rings. The van der Waals surface area contributed by atoms with Crippen molar-refractivity contribution in [3.05, 3.63) is 87.1 Å². The summed E-state index contributed by atoms with van der Waals surface area (Å²) < 4.78 is 23.7. The zero-order valence-electron chi connectivity index (χ0n) is 17.6. The van der Waals surface area contributed by atoms with Crippen LogP contribution in [0.1, 0.15) is 19.4 Å². The Morgan fingerprint density at radius 2 is 1.77 bits per heavy atom. The van der Waals surface area contributed by atoms with Gasteiger partial charge >= 0.3 is 5.69 Å². The van der Waals surface area contributed by atoms with Crippen LogP contribution in [0.4, 0.5) is 4.39 Å². The molecular weight excluding hydrogens is 399 g/mol. The highest BCUT2D eigenvalue weighted by Gasteiger charge is 2.20. The van der Waals surface area contributed by atoms with E-state index in [0.29, 0.717) is 17.0 Å². The van der Waals surface area contributed by atoms with Crippen molar-refractivity contribution in [1.29, 1.82) is 0 Å². The van der Waals surface area contributed by atoms with E-state index in [-0.39, 0.29) is 36.0 Å². The molecule has 0 unspecified atom stereocenters. The summed E-state index contributed by atoms with van der Waals surface area (Å²) in [7, 11) is 1.56. The Morgan fingerprint density at radius 3 is 2.42 bits per heavy atom. The van der Waals surface area contributed by atoms with Gasteiger partial charge in [-0.15, -0.1) is 0 Å². The predicted octanol–water partition coefficient (Wildman–Crippen LogP) is 3.20. The average Bonchev–Trinajstić information content (AvgIpc) is 3.16. The monoisotopic (exact) mass is 422 g/mol. The van der Waals surface area contributed by atoms with Crippen LogP contribution < -0.4 is 16.0 Å². The molecule has 160 valence electrons. The number of halogens is 1. The van der Waals surface area contributed by atoms with Gasteiger partial charge in [0, 0.05) is 12.1 Å². The molecule has 0 saturated heterocycles. The van der Waals surface area contributed by atoms with Gasteiger partial charge in [0.1, 0.15) is 11.6 Å². The average molecular weight is 422 g/mol. The Hall–Kier alpha value is -3.68. The maximum atomic E-state index is 14.2. The number of benzene rings is 2. The van der Waals surface area contributed by atoms with Crippen LogP contribution in [0.15, 0.2) is 64.4 Å². The first-order valence-corrected chi connectivity index (χ1v) is 9.99. The van der Waals surface area contributed by atoms with Gasteiger partial charge in [0.25, 0.3) is 5.56 Å². The Balaban J connectivity index is 1.98.